The van der Waals surface area contributed by atoms with Crippen LogP contribution < -0.4 is 0 Å². The van der Waals surface area contributed by atoms with Crippen LogP contribution in [0.1, 0.15) is 25.0 Å². The van der Waals surface area contributed by atoms with Crippen LogP contribution >= 0.6 is 0 Å². The molecule has 0 aromatic heterocycles. The summed E-state index contributed by atoms with van der Waals surface area (Å²) in [5.74, 6) is 0.307. The minimum atomic E-state index is -0.241. The summed E-state index contributed by atoms with van der Waals surface area (Å²) in [5.41, 5.74) is 1.09. The zero-order chi connectivity index (χ0) is 12.1. The molecule has 0 atom stereocenters. The summed E-state index contributed by atoms with van der Waals surface area (Å²) in [4.78, 5) is 2.06. The van der Waals surface area contributed by atoms with Gasteiger partial charge in [-0.3, -0.25) is 0 Å². The molecule has 1 rings (SSSR count). The van der Waals surface area contributed by atoms with Crippen LogP contribution in [0, 0.1) is 23.1 Å². The second-order valence-electron chi connectivity index (χ2n) is 4.51. The summed E-state index contributed by atoms with van der Waals surface area (Å²) in [6.45, 7) is 5.70. The van der Waals surface area contributed by atoms with E-state index < -0.39 is 0 Å². The van der Waals surface area contributed by atoms with Crippen molar-refractivity contribution < 1.29 is 4.39 Å². The van der Waals surface area contributed by atoms with Crippen LogP contribution in [0.3, 0.4) is 0 Å². The Morgan fingerprint density at radius 1 is 1.44 bits per heavy atom. The second-order valence-corrected chi connectivity index (χ2v) is 4.51. The van der Waals surface area contributed by atoms with Crippen molar-refractivity contribution in [2.24, 2.45) is 5.92 Å². The first kappa shape index (κ1) is 12.7. The number of hydrogen-bond acceptors (Lipinski definition) is 2. The predicted octanol–water partition coefficient (Wildman–Crippen LogP) is 2.79. The van der Waals surface area contributed by atoms with Gasteiger partial charge in [0.25, 0.3) is 0 Å². The normalized spacial score (nSPS) is 10.8. The predicted molar refractivity (Wildman–Crippen MR) is 62.3 cm³/mol. The maximum Gasteiger partial charge on any atom is 0.127 e. The highest BCUT2D eigenvalue weighted by molar-refractivity contribution is 5.33. The van der Waals surface area contributed by atoms with Gasteiger partial charge in [0, 0.05) is 18.7 Å². The molecule has 3 heteroatoms. The van der Waals surface area contributed by atoms with Crippen molar-refractivity contribution in [1.29, 1.82) is 5.26 Å². The highest BCUT2D eigenvalue weighted by Gasteiger charge is 2.08. The molecule has 0 radical (unpaired) electrons. The largest absolute Gasteiger partial charge is 0.302 e. The molecular formula is C13H17FN2. The van der Waals surface area contributed by atoms with Crippen LogP contribution in [0.4, 0.5) is 4.39 Å². The maximum atomic E-state index is 13.5. The summed E-state index contributed by atoms with van der Waals surface area (Å²) in [6.07, 6.45) is 0. The van der Waals surface area contributed by atoms with Crippen molar-refractivity contribution in [3.63, 3.8) is 0 Å². The van der Waals surface area contributed by atoms with Gasteiger partial charge in [-0.1, -0.05) is 13.8 Å². The van der Waals surface area contributed by atoms with E-state index in [1.807, 2.05) is 13.1 Å². The fourth-order valence-corrected chi connectivity index (χ4v) is 1.74. The molecule has 0 N–H and O–H groups in total. The molecule has 86 valence electrons. The fraction of sp³-hybridized carbons (Fsp3) is 0.462. The molecule has 0 saturated carbocycles. The summed E-state index contributed by atoms with van der Waals surface area (Å²) >= 11 is 0. The van der Waals surface area contributed by atoms with Gasteiger partial charge in [-0.25, -0.2) is 4.39 Å². The van der Waals surface area contributed by atoms with Crippen molar-refractivity contribution in [3.8, 4) is 6.07 Å². The third kappa shape index (κ3) is 3.63. The van der Waals surface area contributed by atoms with E-state index in [1.165, 1.54) is 12.1 Å². The Bertz CT molecular complexity index is 393. The van der Waals surface area contributed by atoms with Crippen LogP contribution in [0.5, 0.6) is 0 Å². The van der Waals surface area contributed by atoms with Crippen LogP contribution in [0.25, 0.3) is 0 Å². The van der Waals surface area contributed by atoms with Gasteiger partial charge in [0.1, 0.15) is 5.82 Å². The topological polar surface area (TPSA) is 27.0 Å². The SMILES string of the molecule is CC(C)CN(C)Cc1cc(C#N)ccc1F. The molecule has 0 saturated heterocycles. The molecule has 0 aliphatic heterocycles. The standard InChI is InChI=1S/C13H17FN2/c1-10(2)8-16(3)9-12-6-11(7-15)4-5-13(12)14/h4-6,10H,8-9H2,1-3H3. The van der Waals surface area contributed by atoms with Crippen LogP contribution in [-0.2, 0) is 6.54 Å². The number of nitriles is 1. The van der Waals surface area contributed by atoms with Crippen LogP contribution in [-0.4, -0.2) is 18.5 Å². The van der Waals surface area contributed by atoms with Crippen LogP contribution in [0.2, 0.25) is 0 Å². The van der Waals surface area contributed by atoms with E-state index in [0.717, 1.165) is 6.54 Å². The van der Waals surface area contributed by atoms with E-state index in [0.29, 0.717) is 23.6 Å². The first-order valence-corrected chi connectivity index (χ1v) is 5.40. The van der Waals surface area contributed by atoms with E-state index in [4.69, 9.17) is 5.26 Å². The highest BCUT2D eigenvalue weighted by Crippen LogP contribution is 2.12. The number of halogens is 1. The zero-order valence-electron chi connectivity index (χ0n) is 10.00. The first-order valence-electron chi connectivity index (χ1n) is 5.40. The molecule has 0 fully saturated rings. The summed E-state index contributed by atoms with van der Waals surface area (Å²) in [7, 11) is 1.96. The molecular weight excluding hydrogens is 203 g/mol. The molecule has 0 heterocycles. The maximum absolute atomic E-state index is 13.5. The molecule has 1 aromatic carbocycles. The van der Waals surface area contributed by atoms with Crippen molar-refractivity contribution >= 4 is 0 Å². The Hall–Kier alpha value is -1.40. The lowest BCUT2D eigenvalue weighted by atomic mass is 10.1. The monoisotopic (exact) mass is 220 g/mol. The van der Waals surface area contributed by atoms with Gasteiger partial charge in [-0.05, 0) is 31.2 Å². The lowest BCUT2D eigenvalue weighted by molar-refractivity contribution is 0.284. The van der Waals surface area contributed by atoms with Crippen LogP contribution in [0.15, 0.2) is 18.2 Å². The van der Waals surface area contributed by atoms with E-state index in [1.54, 1.807) is 6.07 Å². The van der Waals surface area contributed by atoms with Gasteiger partial charge in [-0.2, -0.15) is 5.26 Å². The van der Waals surface area contributed by atoms with Gasteiger partial charge in [0.05, 0.1) is 11.6 Å². The van der Waals surface area contributed by atoms with Crippen molar-refractivity contribution in [2.75, 3.05) is 13.6 Å². The van der Waals surface area contributed by atoms with E-state index in [2.05, 4.69) is 18.7 Å². The van der Waals surface area contributed by atoms with Crippen molar-refractivity contribution in [3.05, 3.63) is 35.1 Å². The van der Waals surface area contributed by atoms with E-state index >= 15 is 0 Å². The van der Waals surface area contributed by atoms with Gasteiger partial charge in [0.15, 0.2) is 0 Å². The third-order valence-corrected chi connectivity index (χ3v) is 2.29. The fourth-order valence-electron chi connectivity index (χ4n) is 1.74. The number of nitrogens with zero attached hydrogens (tertiary/aromatic N) is 2. The van der Waals surface area contributed by atoms with E-state index in [-0.39, 0.29) is 5.82 Å². The minimum absolute atomic E-state index is 0.241. The van der Waals surface area contributed by atoms with Crippen molar-refractivity contribution in [1.82, 2.24) is 4.90 Å². The smallest absolute Gasteiger partial charge is 0.127 e. The second kappa shape index (κ2) is 5.62. The van der Waals surface area contributed by atoms with Crippen molar-refractivity contribution in [2.45, 2.75) is 20.4 Å². The third-order valence-electron chi connectivity index (χ3n) is 2.29. The summed E-state index contributed by atoms with van der Waals surface area (Å²) < 4.78 is 13.5. The molecule has 0 bridgehead atoms. The Morgan fingerprint density at radius 2 is 2.12 bits per heavy atom. The minimum Gasteiger partial charge on any atom is -0.302 e. The molecule has 2 nitrogen and oxygen atoms in total. The number of hydrogen-bond donors (Lipinski definition) is 0. The molecule has 16 heavy (non-hydrogen) atoms. The summed E-state index contributed by atoms with van der Waals surface area (Å²) in [5, 5.41) is 8.75. The zero-order valence-corrected chi connectivity index (χ0v) is 10.00. The quantitative estimate of drug-likeness (QED) is 0.780. The summed E-state index contributed by atoms with van der Waals surface area (Å²) in [6, 6.07) is 6.50. The number of benzene rings is 1. The molecule has 0 aliphatic carbocycles. The van der Waals surface area contributed by atoms with E-state index in [9.17, 15) is 4.39 Å². The Morgan fingerprint density at radius 3 is 2.69 bits per heavy atom. The highest BCUT2D eigenvalue weighted by atomic mass is 19.1. The molecule has 0 amide bonds. The van der Waals surface area contributed by atoms with Gasteiger partial charge in [0.2, 0.25) is 0 Å². The molecule has 0 unspecified atom stereocenters. The van der Waals surface area contributed by atoms with Gasteiger partial charge >= 0.3 is 0 Å². The van der Waals surface area contributed by atoms with Gasteiger partial charge < -0.3 is 4.90 Å². The molecule has 0 spiro atoms. The lowest BCUT2D eigenvalue weighted by Crippen LogP contribution is -2.23. The van der Waals surface area contributed by atoms with Gasteiger partial charge in [-0.15, -0.1) is 0 Å². The Labute approximate surface area is 96.3 Å². The lowest BCUT2D eigenvalue weighted by Gasteiger charge is -2.19. The average Bonchev–Trinajstić information content (AvgIpc) is 2.20. The Kier molecular flexibility index (Phi) is 4.45. The average molecular weight is 220 g/mol. The number of rotatable bonds is 4. The first-order chi connectivity index (χ1) is 7.52. The molecule has 1 aromatic rings. The Balaban J connectivity index is 2.76. The molecule has 0 aliphatic rings.